The molecule has 2 aromatic rings. The highest BCUT2D eigenvalue weighted by atomic mass is 16.5. The second-order valence-electron chi connectivity index (χ2n) is 4.51. The number of fused-ring (bicyclic) bond motifs is 1. The molecule has 0 spiro atoms. The van der Waals surface area contributed by atoms with E-state index in [1.54, 1.807) is 30.3 Å². The van der Waals surface area contributed by atoms with Crippen molar-refractivity contribution < 1.29 is 19.7 Å². The van der Waals surface area contributed by atoms with Gasteiger partial charge < -0.3 is 14.9 Å². The third kappa shape index (κ3) is 2.12. The lowest BCUT2D eigenvalue weighted by atomic mass is 9.96. The van der Waals surface area contributed by atoms with E-state index in [0.29, 0.717) is 11.3 Å². The summed E-state index contributed by atoms with van der Waals surface area (Å²) in [5.74, 6) is 0.650. The Hall–Kier alpha value is -2.49. The Balaban J connectivity index is 1.95. The summed E-state index contributed by atoms with van der Waals surface area (Å²) in [6.45, 7) is 0. The zero-order valence-electron chi connectivity index (χ0n) is 10.0. The molecule has 0 saturated heterocycles. The number of ether oxygens (including phenoxy) is 1. The first-order valence-corrected chi connectivity index (χ1v) is 5.95. The highest BCUT2D eigenvalue weighted by Crippen LogP contribution is 2.36. The number of benzene rings is 2. The quantitative estimate of drug-likeness (QED) is 0.823. The van der Waals surface area contributed by atoms with Crippen molar-refractivity contribution in [2.24, 2.45) is 0 Å². The topological polar surface area (TPSA) is 66.8 Å². The molecular weight excluding hydrogens is 244 g/mol. The van der Waals surface area contributed by atoms with Crippen LogP contribution in [-0.2, 0) is 0 Å². The van der Waals surface area contributed by atoms with E-state index < -0.39 is 0 Å². The fourth-order valence-electron chi connectivity index (χ4n) is 2.19. The fraction of sp³-hybridized carbons (Fsp3) is 0.133. The molecule has 2 aromatic carbocycles. The normalized spacial score (nSPS) is 17.7. The Labute approximate surface area is 109 Å². The van der Waals surface area contributed by atoms with Crippen LogP contribution in [0.2, 0.25) is 0 Å². The summed E-state index contributed by atoms with van der Waals surface area (Å²) in [4.78, 5) is 12.0. The number of hydrogen-bond acceptors (Lipinski definition) is 4. The number of Topliss-reactive ketones (excluding diaryl/α,β-unsaturated/α-hetero) is 1. The van der Waals surface area contributed by atoms with Crippen molar-refractivity contribution in [2.75, 3.05) is 0 Å². The first-order valence-electron chi connectivity index (χ1n) is 5.95. The molecular formula is C15H12O4. The standard InChI is InChI=1S/C15H12O4/c16-10-3-1-9(2-4-10)15-8-13(18)12-7-11(17)5-6-14(12)19-15/h1-7,15-17H,8H2/t15-/m0/s1. The Bertz CT molecular complexity index is 631. The Morgan fingerprint density at radius 3 is 2.42 bits per heavy atom. The largest absolute Gasteiger partial charge is 0.508 e. The van der Waals surface area contributed by atoms with Crippen LogP contribution in [0, 0.1) is 0 Å². The zero-order chi connectivity index (χ0) is 13.4. The molecule has 0 aromatic heterocycles. The van der Waals surface area contributed by atoms with E-state index in [0.717, 1.165) is 5.56 Å². The third-order valence-corrected chi connectivity index (χ3v) is 3.17. The van der Waals surface area contributed by atoms with E-state index in [4.69, 9.17) is 4.74 Å². The Morgan fingerprint density at radius 1 is 1.00 bits per heavy atom. The summed E-state index contributed by atoms with van der Waals surface area (Å²) in [5, 5.41) is 18.6. The SMILES string of the molecule is O=C1C[C@@H](c2ccc(O)cc2)Oc2ccc(O)cc21. The lowest BCUT2D eigenvalue weighted by Gasteiger charge is -2.25. The lowest BCUT2D eigenvalue weighted by molar-refractivity contribution is 0.0849. The molecule has 0 unspecified atom stereocenters. The molecule has 2 N–H and O–H groups in total. The van der Waals surface area contributed by atoms with Gasteiger partial charge in [0.1, 0.15) is 23.4 Å². The number of ketones is 1. The van der Waals surface area contributed by atoms with Crippen molar-refractivity contribution in [1.29, 1.82) is 0 Å². The van der Waals surface area contributed by atoms with Gasteiger partial charge in [0.2, 0.25) is 0 Å². The smallest absolute Gasteiger partial charge is 0.170 e. The number of phenols is 2. The second-order valence-corrected chi connectivity index (χ2v) is 4.51. The second kappa shape index (κ2) is 4.31. The van der Waals surface area contributed by atoms with Gasteiger partial charge in [-0.25, -0.2) is 0 Å². The molecule has 0 radical (unpaired) electrons. The minimum atomic E-state index is -0.356. The van der Waals surface area contributed by atoms with Crippen LogP contribution >= 0.6 is 0 Å². The van der Waals surface area contributed by atoms with Crippen LogP contribution < -0.4 is 4.74 Å². The van der Waals surface area contributed by atoms with E-state index in [-0.39, 0.29) is 29.8 Å². The molecule has 1 heterocycles. The summed E-state index contributed by atoms with van der Waals surface area (Å²) in [5.41, 5.74) is 1.25. The average molecular weight is 256 g/mol. The molecule has 0 aliphatic carbocycles. The molecule has 96 valence electrons. The molecule has 1 atom stereocenters. The van der Waals surface area contributed by atoms with E-state index in [1.165, 1.54) is 12.1 Å². The first-order chi connectivity index (χ1) is 9.13. The summed E-state index contributed by atoms with van der Waals surface area (Å²) in [6.07, 6.45) is -0.133. The maximum Gasteiger partial charge on any atom is 0.170 e. The van der Waals surface area contributed by atoms with Gasteiger partial charge in [-0.05, 0) is 35.9 Å². The molecule has 19 heavy (non-hydrogen) atoms. The van der Waals surface area contributed by atoms with Crippen molar-refractivity contribution in [1.82, 2.24) is 0 Å². The lowest BCUT2D eigenvalue weighted by Crippen LogP contribution is -2.20. The number of aromatic hydroxyl groups is 2. The minimum absolute atomic E-state index is 0.0544. The van der Waals surface area contributed by atoms with Crippen LogP contribution in [-0.4, -0.2) is 16.0 Å². The van der Waals surface area contributed by atoms with Gasteiger partial charge in [-0.2, -0.15) is 0 Å². The van der Waals surface area contributed by atoms with Crippen LogP contribution in [0.25, 0.3) is 0 Å². The van der Waals surface area contributed by atoms with E-state index in [9.17, 15) is 15.0 Å². The molecule has 0 amide bonds. The predicted octanol–water partition coefficient (Wildman–Crippen LogP) is 2.80. The van der Waals surface area contributed by atoms with Crippen LogP contribution in [0.15, 0.2) is 42.5 Å². The fourth-order valence-corrected chi connectivity index (χ4v) is 2.19. The summed E-state index contributed by atoms with van der Waals surface area (Å²) < 4.78 is 5.77. The number of hydrogen-bond donors (Lipinski definition) is 2. The summed E-state index contributed by atoms with van der Waals surface area (Å²) in [7, 11) is 0. The Kier molecular flexibility index (Phi) is 2.63. The van der Waals surface area contributed by atoms with E-state index >= 15 is 0 Å². The third-order valence-electron chi connectivity index (χ3n) is 3.17. The van der Waals surface area contributed by atoms with Gasteiger partial charge in [0.25, 0.3) is 0 Å². The molecule has 4 nitrogen and oxygen atoms in total. The predicted molar refractivity (Wildman–Crippen MR) is 68.5 cm³/mol. The number of carbonyl (C=O) groups excluding carboxylic acids is 1. The molecule has 0 bridgehead atoms. The van der Waals surface area contributed by atoms with Crippen molar-refractivity contribution in [3.63, 3.8) is 0 Å². The first kappa shape index (κ1) is 11.6. The number of carbonyl (C=O) groups is 1. The van der Waals surface area contributed by atoms with Gasteiger partial charge in [-0.15, -0.1) is 0 Å². The maximum absolute atomic E-state index is 12.0. The molecule has 3 rings (SSSR count). The average Bonchev–Trinajstić information content (AvgIpc) is 2.40. The highest BCUT2D eigenvalue weighted by molar-refractivity contribution is 6.00. The van der Waals surface area contributed by atoms with Crippen LogP contribution in [0.5, 0.6) is 17.2 Å². The van der Waals surface area contributed by atoms with Gasteiger partial charge in [0.05, 0.1) is 12.0 Å². The summed E-state index contributed by atoms with van der Waals surface area (Å²) >= 11 is 0. The van der Waals surface area contributed by atoms with Gasteiger partial charge in [0.15, 0.2) is 5.78 Å². The van der Waals surface area contributed by atoms with E-state index in [2.05, 4.69) is 0 Å². The van der Waals surface area contributed by atoms with Gasteiger partial charge in [-0.3, -0.25) is 4.79 Å². The summed E-state index contributed by atoms with van der Waals surface area (Å²) in [6, 6.07) is 11.1. The molecule has 4 heteroatoms. The van der Waals surface area contributed by atoms with Crippen molar-refractivity contribution in [2.45, 2.75) is 12.5 Å². The zero-order valence-corrected chi connectivity index (χ0v) is 10.0. The van der Waals surface area contributed by atoms with Crippen molar-refractivity contribution in [3.8, 4) is 17.2 Å². The Morgan fingerprint density at radius 2 is 1.68 bits per heavy atom. The monoisotopic (exact) mass is 256 g/mol. The number of rotatable bonds is 1. The van der Waals surface area contributed by atoms with Crippen LogP contribution in [0.4, 0.5) is 0 Å². The van der Waals surface area contributed by atoms with Crippen LogP contribution in [0.3, 0.4) is 0 Å². The number of phenolic OH excluding ortho intramolecular Hbond substituents is 2. The van der Waals surface area contributed by atoms with Crippen LogP contribution in [0.1, 0.15) is 28.4 Å². The minimum Gasteiger partial charge on any atom is -0.508 e. The molecule has 0 saturated carbocycles. The van der Waals surface area contributed by atoms with Crippen molar-refractivity contribution >= 4 is 5.78 Å². The molecule has 0 fully saturated rings. The maximum atomic E-state index is 12.0. The van der Waals surface area contributed by atoms with Gasteiger partial charge in [-0.1, -0.05) is 12.1 Å². The van der Waals surface area contributed by atoms with Gasteiger partial charge >= 0.3 is 0 Å². The molecule has 1 aliphatic rings. The molecule has 1 aliphatic heterocycles. The van der Waals surface area contributed by atoms with Gasteiger partial charge in [0, 0.05) is 0 Å². The highest BCUT2D eigenvalue weighted by Gasteiger charge is 2.27. The van der Waals surface area contributed by atoms with Crippen molar-refractivity contribution in [3.05, 3.63) is 53.6 Å². The van der Waals surface area contributed by atoms with E-state index in [1.807, 2.05) is 0 Å².